The van der Waals surface area contributed by atoms with E-state index in [1.54, 1.807) is 6.07 Å². The summed E-state index contributed by atoms with van der Waals surface area (Å²) in [5, 5.41) is 7.25. The fourth-order valence-corrected chi connectivity index (χ4v) is 3.34. The van der Waals surface area contributed by atoms with Gasteiger partial charge in [-0.25, -0.2) is 14.1 Å². The molecule has 1 N–H and O–H groups in total. The van der Waals surface area contributed by atoms with Crippen molar-refractivity contribution in [3.05, 3.63) is 81.7 Å². The van der Waals surface area contributed by atoms with E-state index in [0.717, 1.165) is 5.69 Å². The molecule has 2 aromatic heterocycles. The number of rotatable bonds is 4. The summed E-state index contributed by atoms with van der Waals surface area (Å²) in [6, 6.07) is 13.7. The first kappa shape index (κ1) is 18.2. The van der Waals surface area contributed by atoms with Crippen molar-refractivity contribution in [3.8, 4) is 5.69 Å². The van der Waals surface area contributed by atoms with Gasteiger partial charge in [-0.1, -0.05) is 29.8 Å². The van der Waals surface area contributed by atoms with E-state index in [1.165, 1.54) is 30.1 Å². The largest absolute Gasteiger partial charge is 0.373 e. The van der Waals surface area contributed by atoms with E-state index in [2.05, 4.69) is 15.4 Å². The standard InChI is InChI=1S/C20H17ClFN5O/c1-12(24-16-11-23-26(2)20(28)18(16)21)19-25-15-9-8-13(22)10-17(15)27(19)14-6-4-3-5-7-14/h3-12,24H,1-2H3/t12-/m0/s1. The third kappa shape index (κ3) is 3.14. The van der Waals surface area contributed by atoms with Gasteiger partial charge in [0.25, 0.3) is 5.56 Å². The van der Waals surface area contributed by atoms with E-state index in [-0.39, 0.29) is 16.9 Å². The van der Waals surface area contributed by atoms with E-state index in [9.17, 15) is 9.18 Å². The second kappa shape index (κ2) is 7.09. The van der Waals surface area contributed by atoms with Crippen molar-refractivity contribution in [2.24, 2.45) is 7.05 Å². The highest BCUT2D eigenvalue weighted by Crippen LogP contribution is 2.28. The first-order chi connectivity index (χ1) is 13.5. The highest BCUT2D eigenvalue weighted by molar-refractivity contribution is 6.32. The summed E-state index contributed by atoms with van der Waals surface area (Å²) >= 11 is 6.17. The normalized spacial score (nSPS) is 12.3. The van der Waals surface area contributed by atoms with Gasteiger partial charge in [-0.2, -0.15) is 5.10 Å². The van der Waals surface area contributed by atoms with Crippen LogP contribution in [0.25, 0.3) is 16.7 Å². The molecule has 4 aromatic rings. The molecule has 0 bridgehead atoms. The third-order valence-corrected chi connectivity index (χ3v) is 4.86. The summed E-state index contributed by atoms with van der Waals surface area (Å²) in [5.41, 5.74) is 2.20. The molecule has 0 fully saturated rings. The first-order valence-corrected chi connectivity index (χ1v) is 9.05. The Morgan fingerprint density at radius 1 is 1.18 bits per heavy atom. The van der Waals surface area contributed by atoms with Crippen LogP contribution in [-0.2, 0) is 7.05 Å². The van der Waals surface area contributed by atoms with E-state index >= 15 is 0 Å². The second-order valence-electron chi connectivity index (χ2n) is 6.44. The quantitative estimate of drug-likeness (QED) is 0.563. The van der Waals surface area contributed by atoms with Crippen LogP contribution in [0.5, 0.6) is 0 Å². The van der Waals surface area contributed by atoms with Crippen LogP contribution in [0.4, 0.5) is 10.1 Å². The van der Waals surface area contributed by atoms with Crippen molar-refractivity contribution in [2.75, 3.05) is 5.32 Å². The van der Waals surface area contributed by atoms with Crippen LogP contribution in [-0.4, -0.2) is 19.3 Å². The molecular formula is C20H17ClFN5O. The molecule has 0 aliphatic heterocycles. The maximum Gasteiger partial charge on any atom is 0.287 e. The van der Waals surface area contributed by atoms with Gasteiger partial charge in [0.15, 0.2) is 0 Å². The van der Waals surface area contributed by atoms with Crippen LogP contribution in [0.2, 0.25) is 5.02 Å². The fourth-order valence-electron chi connectivity index (χ4n) is 3.12. The summed E-state index contributed by atoms with van der Waals surface area (Å²) in [6.45, 7) is 1.89. The first-order valence-electron chi connectivity index (χ1n) is 8.67. The minimum Gasteiger partial charge on any atom is -0.373 e. The highest BCUT2D eigenvalue weighted by Gasteiger charge is 2.20. The van der Waals surface area contributed by atoms with Crippen molar-refractivity contribution < 1.29 is 4.39 Å². The van der Waals surface area contributed by atoms with E-state index in [0.29, 0.717) is 22.5 Å². The molecule has 0 spiro atoms. The van der Waals surface area contributed by atoms with Crippen LogP contribution in [0, 0.1) is 5.82 Å². The van der Waals surface area contributed by atoms with Gasteiger partial charge < -0.3 is 5.32 Å². The molecule has 0 saturated carbocycles. The van der Waals surface area contributed by atoms with Crippen LogP contribution < -0.4 is 10.9 Å². The lowest BCUT2D eigenvalue weighted by molar-refractivity contribution is 0.629. The maximum atomic E-state index is 13.9. The molecule has 0 unspecified atom stereocenters. The zero-order chi connectivity index (χ0) is 19.8. The van der Waals surface area contributed by atoms with Crippen LogP contribution in [0.3, 0.4) is 0 Å². The number of nitrogens with one attached hydrogen (secondary N) is 1. The predicted molar refractivity (Wildman–Crippen MR) is 108 cm³/mol. The monoisotopic (exact) mass is 397 g/mol. The van der Waals surface area contributed by atoms with Crippen molar-refractivity contribution in [1.82, 2.24) is 19.3 Å². The molecule has 0 saturated heterocycles. The van der Waals surface area contributed by atoms with E-state index in [1.807, 2.05) is 41.8 Å². The van der Waals surface area contributed by atoms with Crippen molar-refractivity contribution in [1.29, 1.82) is 0 Å². The molecular weight excluding hydrogens is 381 g/mol. The Hall–Kier alpha value is -3.19. The zero-order valence-corrected chi connectivity index (χ0v) is 16.0. The Labute approximate surface area is 165 Å². The summed E-state index contributed by atoms with van der Waals surface area (Å²) in [4.78, 5) is 16.7. The number of aromatic nitrogens is 4. The number of fused-ring (bicyclic) bond motifs is 1. The van der Waals surface area contributed by atoms with Crippen LogP contribution >= 0.6 is 11.6 Å². The summed E-state index contributed by atoms with van der Waals surface area (Å²) in [7, 11) is 1.53. The number of para-hydroxylation sites is 1. The average Bonchev–Trinajstić information content (AvgIpc) is 3.07. The number of hydrogen-bond acceptors (Lipinski definition) is 4. The molecule has 6 nitrogen and oxygen atoms in total. The molecule has 1 atom stereocenters. The van der Waals surface area contributed by atoms with Crippen molar-refractivity contribution >= 4 is 28.3 Å². The van der Waals surface area contributed by atoms with E-state index in [4.69, 9.17) is 11.6 Å². The van der Waals surface area contributed by atoms with Gasteiger partial charge in [0.05, 0.1) is 29.0 Å². The molecule has 2 heterocycles. The summed E-state index contributed by atoms with van der Waals surface area (Å²) < 4.78 is 17.0. The van der Waals surface area contributed by atoms with Gasteiger partial charge >= 0.3 is 0 Å². The minimum atomic E-state index is -0.391. The fraction of sp³-hybridized carbons (Fsp3) is 0.150. The number of hydrogen-bond donors (Lipinski definition) is 1. The number of benzene rings is 2. The number of nitrogens with zero attached hydrogens (tertiary/aromatic N) is 4. The smallest absolute Gasteiger partial charge is 0.287 e. The van der Waals surface area contributed by atoms with E-state index < -0.39 is 5.56 Å². The Bertz CT molecular complexity index is 1220. The lowest BCUT2D eigenvalue weighted by Crippen LogP contribution is -2.22. The number of halogens is 2. The van der Waals surface area contributed by atoms with Crippen LogP contribution in [0.1, 0.15) is 18.8 Å². The van der Waals surface area contributed by atoms with Gasteiger partial charge in [0, 0.05) is 18.8 Å². The van der Waals surface area contributed by atoms with Gasteiger partial charge in [0.2, 0.25) is 0 Å². The number of aryl methyl sites for hydroxylation is 1. The lowest BCUT2D eigenvalue weighted by Gasteiger charge is -2.18. The summed E-state index contributed by atoms with van der Waals surface area (Å²) in [5.74, 6) is 0.319. The maximum absolute atomic E-state index is 13.9. The average molecular weight is 398 g/mol. The summed E-state index contributed by atoms with van der Waals surface area (Å²) in [6.07, 6.45) is 1.50. The van der Waals surface area contributed by atoms with Crippen LogP contribution in [0.15, 0.2) is 59.5 Å². The van der Waals surface area contributed by atoms with Gasteiger partial charge in [0.1, 0.15) is 16.7 Å². The lowest BCUT2D eigenvalue weighted by atomic mass is 10.2. The molecule has 8 heteroatoms. The Morgan fingerprint density at radius 2 is 1.93 bits per heavy atom. The minimum absolute atomic E-state index is 0.0535. The zero-order valence-electron chi connectivity index (χ0n) is 15.2. The predicted octanol–water partition coefficient (Wildman–Crippen LogP) is 4.08. The third-order valence-electron chi connectivity index (χ3n) is 4.49. The Kier molecular flexibility index (Phi) is 4.60. The molecule has 2 aromatic carbocycles. The second-order valence-corrected chi connectivity index (χ2v) is 6.82. The molecule has 4 rings (SSSR count). The molecule has 0 aliphatic rings. The van der Waals surface area contributed by atoms with Crippen molar-refractivity contribution in [3.63, 3.8) is 0 Å². The number of anilines is 1. The Morgan fingerprint density at radius 3 is 2.68 bits per heavy atom. The highest BCUT2D eigenvalue weighted by atomic mass is 35.5. The molecule has 28 heavy (non-hydrogen) atoms. The van der Waals surface area contributed by atoms with Gasteiger partial charge in [-0.3, -0.25) is 9.36 Å². The molecule has 0 radical (unpaired) electrons. The van der Waals surface area contributed by atoms with Gasteiger partial charge in [-0.05, 0) is 31.2 Å². The van der Waals surface area contributed by atoms with Crippen molar-refractivity contribution in [2.45, 2.75) is 13.0 Å². The number of imidazole rings is 1. The van der Waals surface area contributed by atoms with Gasteiger partial charge in [-0.15, -0.1) is 0 Å². The SMILES string of the molecule is C[C@H](Nc1cnn(C)c(=O)c1Cl)c1nc2ccc(F)cc2n1-c1ccccc1. The molecule has 0 aliphatic carbocycles. The molecule has 142 valence electrons. The topological polar surface area (TPSA) is 64.7 Å². The Balaban J connectivity index is 1.84. The molecule has 0 amide bonds.